The molecule has 0 bridgehead atoms. The highest BCUT2D eigenvalue weighted by atomic mass is 32.2. The van der Waals surface area contributed by atoms with E-state index in [2.05, 4.69) is 57.4 Å². The Kier molecular flexibility index (Phi) is 7.52. The summed E-state index contributed by atoms with van der Waals surface area (Å²) in [5.41, 5.74) is 3.51. The molecule has 2 saturated heterocycles. The average Bonchev–Trinajstić information content (AvgIpc) is 3.46. The average molecular weight is 549 g/mol. The number of fused-ring (bicyclic) bond motifs is 2. The summed E-state index contributed by atoms with van der Waals surface area (Å²) < 4.78 is 5.49. The number of morpholine rings is 1. The summed E-state index contributed by atoms with van der Waals surface area (Å²) >= 11 is 3.42. The number of amides is 1. The highest BCUT2D eigenvalue weighted by Gasteiger charge is 2.27. The Hall–Kier alpha value is -2.72. The Morgan fingerprint density at radius 3 is 2.61 bits per heavy atom. The standard InChI is InChI=1S/C29H32N4O3S2/c1-2-23(33-10-3-4-11-33)29(35)30-19-8-9-24-26(16-19)37-25-7-5-6-21(28(25)38-24)22-17-20(18-27(34)31-22)32-12-14-36-15-13-32/h5-9,16-18,23H,2-4,10-15H2,1H3,(H,30,35)(H,31,34). The molecule has 0 radical (unpaired) electrons. The van der Waals surface area contributed by atoms with E-state index < -0.39 is 0 Å². The third-order valence-electron chi connectivity index (χ3n) is 7.39. The molecule has 2 fully saturated rings. The van der Waals surface area contributed by atoms with Crippen molar-refractivity contribution in [2.75, 3.05) is 49.6 Å². The minimum Gasteiger partial charge on any atom is -0.378 e. The van der Waals surface area contributed by atoms with Gasteiger partial charge in [-0.25, -0.2) is 0 Å². The number of ether oxygens (including phenoxy) is 1. The molecule has 3 aliphatic heterocycles. The van der Waals surface area contributed by atoms with Crippen molar-refractivity contribution in [1.82, 2.24) is 9.88 Å². The molecule has 9 heteroatoms. The Labute approximate surface area is 231 Å². The molecule has 38 heavy (non-hydrogen) atoms. The largest absolute Gasteiger partial charge is 0.378 e. The lowest BCUT2D eigenvalue weighted by Crippen LogP contribution is -2.42. The lowest BCUT2D eigenvalue weighted by atomic mass is 10.1. The maximum absolute atomic E-state index is 13.1. The SMILES string of the molecule is CCC(C(=O)Nc1ccc2c(c1)Sc1cccc(-c3cc(N4CCOCC4)cc(=O)[nH]3)c1S2)N1CCCC1. The second kappa shape index (κ2) is 11.2. The van der Waals surface area contributed by atoms with Crippen LogP contribution < -0.4 is 15.8 Å². The van der Waals surface area contributed by atoms with Crippen LogP contribution in [0.3, 0.4) is 0 Å². The van der Waals surface area contributed by atoms with Gasteiger partial charge in [-0.05, 0) is 62.7 Å². The van der Waals surface area contributed by atoms with Crippen molar-refractivity contribution in [2.45, 2.75) is 51.8 Å². The first-order valence-corrected chi connectivity index (χ1v) is 15.0. The molecule has 7 nitrogen and oxygen atoms in total. The number of carbonyl (C=O) groups excluding carboxylic acids is 1. The summed E-state index contributed by atoms with van der Waals surface area (Å²) in [5, 5.41) is 3.17. The van der Waals surface area contributed by atoms with E-state index in [0.717, 1.165) is 74.8 Å². The van der Waals surface area contributed by atoms with Crippen LogP contribution >= 0.6 is 23.5 Å². The number of nitrogens with zero attached hydrogens (tertiary/aromatic N) is 2. The van der Waals surface area contributed by atoms with E-state index in [1.165, 1.54) is 12.8 Å². The molecule has 198 valence electrons. The minimum absolute atomic E-state index is 0.0748. The van der Waals surface area contributed by atoms with Crippen LogP contribution in [0.15, 0.2) is 72.9 Å². The number of rotatable bonds is 6. The zero-order valence-electron chi connectivity index (χ0n) is 21.5. The molecule has 4 heterocycles. The van der Waals surface area contributed by atoms with Crippen LogP contribution in [0.4, 0.5) is 11.4 Å². The van der Waals surface area contributed by atoms with Crippen molar-refractivity contribution in [2.24, 2.45) is 0 Å². The lowest BCUT2D eigenvalue weighted by molar-refractivity contribution is -0.121. The van der Waals surface area contributed by atoms with E-state index in [-0.39, 0.29) is 17.5 Å². The Balaban J connectivity index is 1.24. The fourth-order valence-electron chi connectivity index (χ4n) is 5.46. The number of H-pyrrole nitrogens is 1. The number of aromatic amines is 1. The summed E-state index contributed by atoms with van der Waals surface area (Å²) in [6.07, 6.45) is 3.15. The molecule has 1 aromatic heterocycles. The highest BCUT2D eigenvalue weighted by molar-refractivity contribution is 8.05. The first kappa shape index (κ1) is 25.6. The van der Waals surface area contributed by atoms with E-state index in [1.807, 2.05) is 12.1 Å². The molecule has 0 spiro atoms. The second-order valence-corrected chi connectivity index (χ2v) is 12.0. The fourth-order valence-corrected chi connectivity index (χ4v) is 7.87. The molecule has 0 saturated carbocycles. The molecular weight excluding hydrogens is 516 g/mol. The molecule has 1 unspecified atom stereocenters. The van der Waals surface area contributed by atoms with Gasteiger partial charge in [0.2, 0.25) is 11.5 Å². The predicted octanol–water partition coefficient (Wildman–Crippen LogP) is 5.31. The van der Waals surface area contributed by atoms with Crippen LogP contribution in [0.25, 0.3) is 11.3 Å². The third-order valence-corrected chi connectivity index (χ3v) is 9.98. The monoisotopic (exact) mass is 548 g/mol. The van der Waals surface area contributed by atoms with Crippen LogP contribution in [-0.2, 0) is 9.53 Å². The molecule has 2 aromatic carbocycles. The summed E-state index contributed by atoms with van der Waals surface area (Å²) in [4.78, 5) is 37.8. The fraction of sp³-hybridized carbons (Fsp3) is 0.379. The summed E-state index contributed by atoms with van der Waals surface area (Å²) in [6.45, 7) is 7.00. The molecule has 0 aliphatic carbocycles. The van der Waals surface area contributed by atoms with Crippen molar-refractivity contribution in [1.29, 1.82) is 0 Å². The quantitative estimate of drug-likeness (QED) is 0.338. The van der Waals surface area contributed by atoms with Crippen LogP contribution in [-0.4, -0.2) is 61.2 Å². The normalized spacial score (nSPS) is 18.1. The molecular formula is C29H32N4O3S2. The second-order valence-electron chi connectivity index (χ2n) is 9.87. The van der Waals surface area contributed by atoms with E-state index in [9.17, 15) is 9.59 Å². The number of likely N-dealkylation sites (tertiary alicyclic amines) is 1. The Morgan fingerprint density at radius 2 is 1.82 bits per heavy atom. The van der Waals surface area contributed by atoms with Crippen molar-refractivity contribution >= 4 is 40.8 Å². The number of nitrogens with one attached hydrogen (secondary N) is 2. The Morgan fingerprint density at radius 1 is 1.00 bits per heavy atom. The minimum atomic E-state index is -0.102. The van der Waals surface area contributed by atoms with Gasteiger partial charge in [0.05, 0.1) is 24.9 Å². The van der Waals surface area contributed by atoms with Gasteiger partial charge < -0.3 is 19.9 Å². The third kappa shape index (κ3) is 5.25. The first-order chi connectivity index (χ1) is 18.6. The number of aromatic nitrogens is 1. The van der Waals surface area contributed by atoms with Crippen molar-refractivity contribution in [3.8, 4) is 11.3 Å². The van der Waals surface area contributed by atoms with Gasteiger partial charge in [-0.15, -0.1) is 0 Å². The van der Waals surface area contributed by atoms with E-state index in [1.54, 1.807) is 29.6 Å². The number of hydrogen-bond acceptors (Lipinski definition) is 7. The van der Waals surface area contributed by atoms with Gasteiger partial charge in [-0.3, -0.25) is 14.5 Å². The van der Waals surface area contributed by atoms with E-state index in [0.29, 0.717) is 13.2 Å². The lowest BCUT2D eigenvalue weighted by Gasteiger charge is -2.29. The molecule has 6 rings (SSSR count). The molecule has 1 atom stereocenters. The van der Waals surface area contributed by atoms with E-state index in [4.69, 9.17) is 4.74 Å². The molecule has 3 aromatic rings. The zero-order chi connectivity index (χ0) is 26.1. The van der Waals surface area contributed by atoms with Crippen LogP contribution in [0, 0.1) is 0 Å². The number of carbonyl (C=O) groups is 1. The number of pyridine rings is 1. The van der Waals surface area contributed by atoms with Crippen molar-refractivity contribution < 1.29 is 9.53 Å². The van der Waals surface area contributed by atoms with Crippen molar-refractivity contribution in [3.63, 3.8) is 0 Å². The van der Waals surface area contributed by atoms with Crippen LogP contribution in [0.5, 0.6) is 0 Å². The van der Waals surface area contributed by atoms with Gasteiger partial charge >= 0.3 is 0 Å². The maximum Gasteiger partial charge on any atom is 0.250 e. The number of hydrogen-bond donors (Lipinski definition) is 2. The summed E-state index contributed by atoms with van der Waals surface area (Å²) in [5.74, 6) is 0.0783. The first-order valence-electron chi connectivity index (χ1n) is 13.3. The van der Waals surface area contributed by atoms with Gasteiger partial charge in [0.15, 0.2) is 0 Å². The summed E-state index contributed by atoms with van der Waals surface area (Å²) in [6, 6.07) is 16.1. The number of anilines is 2. The molecule has 1 amide bonds. The number of benzene rings is 2. The van der Waals surface area contributed by atoms with Gasteiger partial charge in [-0.1, -0.05) is 42.6 Å². The van der Waals surface area contributed by atoms with Crippen LogP contribution in [0.2, 0.25) is 0 Å². The van der Waals surface area contributed by atoms with Crippen LogP contribution in [0.1, 0.15) is 26.2 Å². The van der Waals surface area contributed by atoms with Gasteiger partial charge in [0.1, 0.15) is 0 Å². The molecule has 3 aliphatic rings. The van der Waals surface area contributed by atoms with Gasteiger partial charge in [0.25, 0.3) is 0 Å². The van der Waals surface area contributed by atoms with Gasteiger partial charge in [0, 0.05) is 55.7 Å². The topological polar surface area (TPSA) is 77.7 Å². The van der Waals surface area contributed by atoms with E-state index >= 15 is 0 Å². The van der Waals surface area contributed by atoms with Gasteiger partial charge in [-0.2, -0.15) is 0 Å². The highest BCUT2D eigenvalue weighted by Crippen LogP contribution is 2.52. The maximum atomic E-state index is 13.1. The Bertz CT molecular complexity index is 1400. The summed E-state index contributed by atoms with van der Waals surface area (Å²) in [7, 11) is 0. The van der Waals surface area contributed by atoms with Crippen molar-refractivity contribution in [3.05, 3.63) is 58.9 Å². The molecule has 2 N–H and O–H groups in total. The zero-order valence-corrected chi connectivity index (χ0v) is 23.1. The smallest absolute Gasteiger partial charge is 0.250 e. The predicted molar refractivity (Wildman–Crippen MR) is 154 cm³/mol.